The van der Waals surface area contributed by atoms with Crippen LogP contribution in [0.4, 0.5) is 10.7 Å². The molecule has 176 valence electrons. The molecule has 3 aromatic rings. The fourth-order valence-electron chi connectivity index (χ4n) is 3.96. The number of fused-ring (bicyclic) bond motifs is 1. The van der Waals surface area contributed by atoms with Crippen LogP contribution in [0.25, 0.3) is 0 Å². The van der Waals surface area contributed by atoms with Gasteiger partial charge in [-0.2, -0.15) is 5.26 Å². The number of hydrogen-bond donors (Lipinski definition) is 1. The highest BCUT2D eigenvalue weighted by Crippen LogP contribution is 2.37. The second-order valence-corrected chi connectivity index (χ2v) is 11.5. The molecule has 34 heavy (non-hydrogen) atoms. The maximum atomic E-state index is 13.0. The number of para-hydroxylation sites is 1. The SMILES string of the molecule is CC(C)N1CCc2c(sc(NC(=O)c3ccc(S(=O)(=O)N(C)c4ccccc4)cc3)c2C#N)C1. The summed E-state index contributed by atoms with van der Waals surface area (Å²) >= 11 is 1.44. The molecule has 0 aliphatic carbocycles. The van der Waals surface area contributed by atoms with Crippen molar-refractivity contribution in [3.05, 3.63) is 76.2 Å². The quantitative estimate of drug-likeness (QED) is 0.546. The van der Waals surface area contributed by atoms with Crippen LogP contribution in [0.3, 0.4) is 0 Å². The van der Waals surface area contributed by atoms with Gasteiger partial charge in [-0.1, -0.05) is 18.2 Å². The Morgan fingerprint density at radius 2 is 1.82 bits per heavy atom. The molecule has 2 heterocycles. The smallest absolute Gasteiger partial charge is 0.264 e. The number of nitriles is 1. The number of anilines is 2. The average molecular weight is 495 g/mol. The van der Waals surface area contributed by atoms with E-state index in [4.69, 9.17) is 0 Å². The van der Waals surface area contributed by atoms with Crippen LogP contribution in [0, 0.1) is 11.3 Å². The van der Waals surface area contributed by atoms with Gasteiger partial charge in [0.2, 0.25) is 0 Å². The Morgan fingerprint density at radius 1 is 1.15 bits per heavy atom. The minimum absolute atomic E-state index is 0.0912. The number of rotatable bonds is 6. The fourth-order valence-corrected chi connectivity index (χ4v) is 6.37. The van der Waals surface area contributed by atoms with Crippen molar-refractivity contribution >= 4 is 38.0 Å². The number of nitrogens with one attached hydrogen (secondary N) is 1. The van der Waals surface area contributed by atoms with Crippen molar-refractivity contribution in [1.82, 2.24) is 4.90 Å². The van der Waals surface area contributed by atoms with Gasteiger partial charge in [0.05, 0.1) is 16.1 Å². The predicted octanol–water partition coefficient (Wildman–Crippen LogP) is 4.46. The van der Waals surface area contributed by atoms with E-state index in [1.807, 2.05) is 6.07 Å². The molecule has 0 fully saturated rings. The highest BCUT2D eigenvalue weighted by molar-refractivity contribution is 7.92. The van der Waals surface area contributed by atoms with E-state index in [-0.39, 0.29) is 10.8 Å². The molecule has 1 N–H and O–H groups in total. The molecule has 1 amide bonds. The number of benzene rings is 2. The van der Waals surface area contributed by atoms with Crippen molar-refractivity contribution in [3.8, 4) is 6.07 Å². The maximum Gasteiger partial charge on any atom is 0.264 e. The van der Waals surface area contributed by atoms with Crippen LogP contribution in [0.5, 0.6) is 0 Å². The first-order chi connectivity index (χ1) is 16.2. The van der Waals surface area contributed by atoms with Crippen LogP contribution in [-0.4, -0.2) is 38.9 Å². The summed E-state index contributed by atoms with van der Waals surface area (Å²) in [5.74, 6) is -0.379. The van der Waals surface area contributed by atoms with Crippen molar-refractivity contribution in [3.63, 3.8) is 0 Å². The van der Waals surface area contributed by atoms with Gasteiger partial charge in [0.15, 0.2) is 0 Å². The molecule has 2 aromatic carbocycles. The molecule has 0 saturated heterocycles. The van der Waals surface area contributed by atoms with Crippen molar-refractivity contribution in [2.24, 2.45) is 0 Å². The van der Waals surface area contributed by atoms with Gasteiger partial charge in [0.25, 0.3) is 15.9 Å². The van der Waals surface area contributed by atoms with E-state index in [2.05, 4.69) is 30.1 Å². The van der Waals surface area contributed by atoms with Gasteiger partial charge in [0, 0.05) is 36.6 Å². The van der Waals surface area contributed by atoms with Crippen LogP contribution in [0.2, 0.25) is 0 Å². The molecular formula is C25H26N4O3S2. The average Bonchev–Trinajstić information content (AvgIpc) is 3.20. The zero-order chi connectivity index (χ0) is 24.5. The second-order valence-electron chi connectivity index (χ2n) is 8.42. The lowest BCUT2D eigenvalue weighted by Gasteiger charge is -2.30. The van der Waals surface area contributed by atoms with Crippen LogP contribution >= 0.6 is 11.3 Å². The van der Waals surface area contributed by atoms with Crippen LogP contribution in [-0.2, 0) is 23.0 Å². The van der Waals surface area contributed by atoms with Gasteiger partial charge in [0.1, 0.15) is 11.1 Å². The van der Waals surface area contributed by atoms with Crippen molar-refractivity contribution < 1.29 is 13.2 Å². The summed E-state index contributed by atoms with van der Waals surface area (Å²) in [6, 6.07) is 17.3. The van der Waals surface area contributed by atoms with Gasteiger partial charge < -0.3 is 5.32 Å². The summed E-state index contributed by atoms with van der Waals surface area (Å²) in [6.45, 7) is 5.95. The molecular weight excluding hydrogens is 468 g/mol. The van der Waals surface area contributed by atoms with E-state index < -0.39 is 10.0 Å². The van der Waals surface area contributed by atoms with Crippen molar-refractivity contribution in [2.45, 2.75) is 37.8 Å². The van der Waals surface area contributed by atoms with Gasteiger partial charge in [-0.25, -0.2) is 8.42 Å². The largest absolute Gasteiger partial charge is 0.312 e. The number of thiophene rings is 1. The molecule has 0 spiro atoms. The zero-order valence-corrected chi connectivity index (χ0v) is 20.9. The molecule has 0 bridgehead atoms. The fraction of sp³-hybridized carbons (Fsp3) is 0.280. The van der Waals surface area contributed by atoms with Crippen LogP contribution in [0.1, 0.15) is 40.2 Å². The van der Waals surface area contributed by atoms with Crippen molar-refractivity contribution in [2.75, 3.05) is 23.2 Å². The molecule has 1 aliphatic rings. The lowest BCUT2D eigenvalue weighted by atomic mass is 10.0. The Labute approximate surface area is 204 Å². The molecule has 0 unspecified atom stereocenters. The molecule has 7 nitrogen and oxygen atoms in total. The lowest BCUT2D eigenvalue weighted by molar-refractivity contribution is 0.102. The molecule has 0 saturated carbocycles. The molecule has 1 aliphatic heterocycles. The van der Waals surface area contributed by atoms with Gasteiger partial charge >= 0.3 is 0 Å². The summed E-state index contributed by atoms with van der Waals surface area (Å²) in [5.41, 5.74) is 2.41. The van der Waals surface area contributed by atoms with E-state index in [0.29, 0.717) is 27.9 Å². The molecule has 0 radical (unpaired) electrons. The number of hydrogen-bond acceptors (Lipinski definition) is 6. The monoisotopic (exact) mass is 494 g/mol. The summed E-state index contributed by atoms with van der Waals surface area (Å²) < 4.78 is 27.1. The summed E-state index contributed by atoms with van der Waals surface area (Å²) in [4.78, 5) is 16.4. The van der Waals surface area contributed by atoms with E-state index in [9.17, 15) is 18.5 Å². The molecule has 4 rings (SSSR count). The Morgan fingerprint density at radius 3 is 2.44 bits per heavy atom. The third-order valence-electron chi connectivity index (χ3n) is 6.05. The van der Waals surface area contributed by atoms with E-state index in [1.54, 1.807) is 24.3 Å². The number of carbonyl (C=O) groups excluding carboxylic acids is 1. The van der Waals surface area contributed by atoms with Gasteiger partial charge in [-0.3, -0.25) is 14.0 Å². The third-order valence-corrected chi connectivity index (χ3v) is 8.98. The van der Waals surface area contributed by atoms with E-state index in [0.717, 1.165) is 30.0 Å². The normalized spacial score (nSPS) is 13.9. The number of carbonyl (C=O) groups is 1. The Balaban J connectivity index is 1.53. The first kappa shape index (κ1) is 24.0. The second kappa shape index (κ2) is 9.58. The minimum atomic E-state index is -3.76. The Hall–Kier alpha value is -3.19. The first-order valence-electron chi connectivity index (χ1n) is 11.0. The van der Waals surface area contributed by atoms with Crippen LogP contribution in [0.15, 0.2) is 59.5 Å². The standard InChI is InChI=1S/C25H26N4O3S2/c1-17(2)29-14-13-21-22(15-26)25(33-23(21)16-29)27-24(30)18-9-11-20(12-10-18)34(31,32)28(3)19-7-5-4-6-8-19/h4-12,17H,13-14,16H2,1-3H3,(H,27,30). The van der Waals surface area contributed by atoms with Gasteiger partial charge in [-0.05, 0) is 62.2 Å². The maximum absolute atomic E-state index is 13.0. The number of amides is 1. The van der Waals surface area contributed by atoms with E-state index >= 15 is 0 Å². The topological polar surface area (TPSA) is 93.5 Å². The Kier molecular flexibility index (Phi) is 6.75. The van der Waals surface area contributed by atoms with Crippen LogP contribution < -0.4 is 9.62 Å². The van der Waals surface area contributed by atoms with Crippen molar-refractivity contribution in [1.29, 1.82) is 5.26 Å². The third kappa shape index (κ3) is 4.57. The number of nitrogens with zero attached hydrogens (tertiary/aromatic N) is 3. The lowest BCUT2D eigenvalue weighted by Crippen LogP contribution is -2.35. The highest BCUT2D eigenvalue weighted by Gasteiger charge is 2.27. The number of sulfonamides is 1. The zero-order valence-electron chi connectivity index (χ0n) is 19.3. The molecule has 1 aromatic heterocycles. The molecule has 0 atom stereocenters. The molecule has 9 heteroatoms. The summed E-state index contributed by atoms with van der Waals surface area (Å²) in [5, 5.41) is 13.1. The first-order valence-corrected chi connectivity index (χ1v) is 13.2. The Bertz CT molecular complexity index is 1340. The summed E-state index contributed by atoms with van der Waals surface area (Å²) in [6.07, 6.45) is 0.782. The summed E-state index contributed by atoms with van der Waals surface area (Å²) in [7, 11) is -2.27. The van der Waals surface area contributed by atoms with E-state index in [1.165, 1.54) is 47.0 Å². The minimum Gasteiger partial charge on any atom is -0.312 e. The predicted molar refractivity (Wildman–Crippen MR) is 135 cm³/mol. The highest BCUT2D eigenvalue weighted by atomic mass is 32.2. The van der Waals surface area contributed by atoms with Gasteiger partial charge in [-0.15, -0.1) is 11.3 Å².